The molecule has 0 aliphatic carbocycles. The second kappa shape index (κ2) is 5.64. The highest BCUT2D eigenvalue weighted by atomic mass is 32.2. The molecule has 3 rings (SSSR count). The lowest BCUT2D eigenvalue weighted by atomic mass is 10.1. The molecule has 0 bridgehead atoms. The highest BCUT2D eigenvalue weighted by molar-refractivity contribution is 7.91. The molecule has 6 nitrogen and oxygen atoms in total. The molecule has 116 valence electrons. The van der Waals surface area contributed by atoms with Crippen molar-refractivity contribution in [2.75, 3.05) is 19.3 Å². The van der Waals surface area contributed by atoms with Crippen LogP contribution in [0.4, 0.5) is 0 Å². The van der Waals surface area contributed by atoms with Crippen LogP contribution in [-0.2, 0) is 9.84 Å². The number of amides is 1. The van der Waals surface area contributed by atoms with Crippen molar-refractivity contribution in [3.05, 3.63) is 36.2 Å². The second-order valence-electron chi connectivity index (χ2n) is 5.57. The number of para-hydroxylation sites is 2. The number of fused-ring (bicyclic) bond motifs is 1. The lowest BCUT2D eigenvalue weighted by Crippen LogP contribution is -2.42. The molecule has 1 aromatic carbocycles. The van der Waals surface area contributed by atoms with Crippen molar-refractivity contribution in [2.24, 2.45) is 0 Å². The van der Waals surface area contributed by atoms with Gasteiger partial charge < -0.3 is 4.90 Å². The summed E-state index contributed by atoms with van der Waals surface area (Å²) in [5, 5.41) is -0.348. The van der Waals surface area contributed by atoms with E-state index in [1.807, 2.05) is 24.3 Å². The third kappa shape index (κ3) is 2.94. The van der Waals surface area contributed by atoms with Crippen LogP contribution in [0.3, 0.4) is 0 Å². The van der Waals surface area contributed by atoms with Crippen molar-refractivity contribution in [3.8, 4) is 0 Å². The molecule has 2 heterocycles. The van der Waals surface area contributed by atoms with Gasteiger partial charge in [-0.3, -0.25) is 9.78 Å². The molecule has 0 atom stereocenters. The fourth-order valence-electron chi connectivity index (χ4n) is 2.71. The molecular formula is C15H17N3O3S. The number of rotatable bonds is 2. The van der Waals surface area contributed by atoms with Gasteiger partial charge in [0.2, 0.25) is 0 Å². The van der Waals surface area contributed by atoms with Gasteiger partial charge in [-0.15, -0.1) is 0 Å². The van der Waals surface area contributed by atoms with Gasteiger partial charge in [-0.2, -0.15) is 0 Å². The SMILES string of the molecule is CS(=O)(=O)C1CCN(C(=O)c2cnc3ccccc3n2)CC1. The number of piperidine rings is 1. The van der Waals surface area contributed by atoms with E-state index in [0.29, 0.717) is 37.1 Å². The van der Waals surface area contributed by atoms with Crippen LogP contribution in [0, 0.1) is 0 Å². The maximum Gasteiger partial charge on any atom is 0.274 e. The third-order valence-corrected chi connectivity index (χ3v) is 5.68. The predicted molar refractivity (Wildman–Crippen MR) is 83.3 cm³/mol. The standard InChI is InChI=1S/C15H17N3O3S/c1-22(20,21)11-6-8-18(9-7-11)15(19)14-10-16-12-4-2-3-5-13(12)17-14/h2-5,10-11H,6-9H2,1H3. The van der Waals surface area contributed by atoms with E-state index in [1.54, 1.807) is 4.90 Å². The summed E-state index contributed by atoms with van der Waals surface area (Å²) in [6.45, 7) is 0.871. The number of sulfone groups is 1. The average molecular weight is 319 g/mol. The molecule has 0 radical (unpaired) electrons. The lowest BCUT2D eigenvalue weighted by molar-refractivity contribution is 0.0720. The van der Waals surface area contributed by atoms with Gasteiger partial charge in [-0.25, -0.2) is 13.4 Å². The maximum absolute atomic E-state index is 12.5. The van der Waals surface area contributed by atoms with Crippen LogP contribution >= 0.6 is 0 Å². The molecule has 2 aromatic rings. The van der Waals surface area contributed by atoms with E-state index in [9.17, 15) is 13.2 Å². The van der Waals surface area contributed by atoms with E-state index < -0.39 is 9.84 Å². The van der Waals surface area contributed by atoms with Gasteiger partial charge in [0.25, 0.3) is 5.91 Å². The Balaban J connectivity index is 1.76. The molecule has 1 saturated heterocycles. The summed E-state index contributed by atoms with van der Waals surface area (Å²) >= 11 is 0. The topological polar surface area (TPSA) is 80.2 Å². The van der Waals surface area contributed by atoms with Crippen LogP contribution < -0.4 is 0 Å². The van der Waals surface area contributed by atoms with E-state index in [4.69, 9.17) is 0 Å². The van der Waals surface area contributed by atoms with Gasteiger partial charge in [-0.1, -0.05) is 12.1 Å². The van der Waals surface area contributed by atoms with Crippen molar-refractivity contribution < 1.29 is 13.2 Å². The molecule has 7 heteroatoms. The molecule has 1 aliphatic heterocycles. The van der Waals surface area contributed by atoms with Crippen molar-refractivity contribution in [1.82, 2.24) is 14.9 Å². The quantitative estimate of drug-likeness (QED) is 0.833. The summed E-state index contributed by atoms with van der Waals surface area (Å²) in [5.41, 5.74) is 1.73. The highest BCUT2D eigenvalue weighted by Gasteiger charge is 2.29. The first-order valence-electron chi connectivity index (χ1n) is 7.15. The summed E-state index contributed by atoms with van der Waals surface area (Å²) in [5.74, 6) is -0.190. The number of hydrogen-bond donors (Lipinski definition) is 0. The molecule has 0 spiro atoms. The lowest BCUT2D eigenvalue weighted by Gasteiger charge is -2.30. The number of carbonyl (C=O) groups is 1. The Kier molecular flexibility index (Phi) is 3.82. The zero-order valence-electron chi connectivity index (χ0n) is 12.3. The minimum atomic E-state index is -3.03. The molecule has 0 N–H and O–H groups in total. The molecule has 1 fully saturated rings. The van der Waals surface area contributed by atoms with Crippen molar-refractivity contribution in [3.63, 3.8) is 0 Å². The van der Waals surface area contributed by atoms with Crippen LogP contribution in [0.15, 0.2) is 30.5 Å². The van der Waals surface area contributed by atoms with Crippen LogP contribution in [0.2, 0.25) is 0 Å². The van der Waals surface area contributed by atoms with E-state index in [0.717, 1.165) is 5.52 Å². The zero-order valence-corrected chi connectivity index (χ0v) is 13.1. The summed E-state index contributed by atoms with van der Waals surface area (Å²) in [4.78, 5) is 22.7. The Hall–Kier alpha value is -2.02. The van der Waals surface area contributed by atoms with E-state index in [1.165, 1.54) is 12.5 Å². The number of hydrogen-bond acceptors (Lipinski definition) is 5. The fraction of sp³-hybridized carbons (Fsp3) is 0.400. The van der Waals surface area contributed by atoms with Crippen LogP contribution in [0.1, 0.15) is 23.3 Å². The van der Waals surface area contributed by atoms with Gasteiger partial charge in [0.15, 0.2) is 0 Å². The van der Waals surface area contributed by atoms with E-state index >= 15 is 0 Å². The number of aromatic nitrogens is 2. The number of benzene rings is 1. The smallest absolute Gasteiger partial charge is 0.274 e. The molecule has 0 saturated carbocycles. The van der Waals surface area contributed by atoms with Crippen molar-refractivity contribution in [2.45, 2.75) is 18.1 Å². The second-order valence-corrected chi connectivity index (χ2v) is 7.89. The van der Waals surface area contributed by atoms with Crippen molar-refractivity contribution in [1.29, 1.82) is 0 Å². The molecule has 0 unspecified atom stereocenters. The Morgan fingerprint density at radius 1 is 1.18 bits per heavy atom. The summed E-state index contributed by atoms with van der Waals surface area (Å²) in [6, 6.07) is 7.38. The van der Waals surface area contributed by atoms with Crippen molar-refractivity contribution >= 4 is 26.8 Å². The molecule has 1 amide bonds. The zero-order chi connectivity index (χ0) is 15.7. The minimum absolute atomic E-state index is 0.190. The highest BCUT2D eigenvalue weighted by Crippen LogP contribution is 2.19. The molecule has 1 aromatic heterocycles. The Morgan fingerprint density at radius 2 is 1.82 bits per heavy atom. The predicted octanol–water partition coefficient (Wildman–Crippen LogP) is 1.28. The fourth-order valence-corrected chi connectivity index (χ4v) is 3.78. The number of nitrogens with zero attached hydrogens (tertiary/aromatic N) is 3. The van der Waals surface area contributed by atoms with Gasteiger partial charge in [0.1, 0.15) is 15.5 Å². The van der Waals surface area contributed by atoms with Gasteiger partial charge >= 0.3 is 0 Å². The Bertz CT molecular complexity index is 812. The molecule has 1 aliphatic rings. The Labute approximate surface area is 129 Å². The number of likely N-dealkylation sites (tertiary alicyclic amines) is 1. The largest absolute Gasteiger partial charge is 0.337 e. The normalized spacial score (nSPS) is 16.9. The van der Waals surface area contributed by atoms with Gasteiger partial charge in [0, 0.05) is 19.3 Å². The van der Waals surface area contributed by atoms with Crippen LogP contribution in [0.25, 0.3) is 11.0 Å². The monoisotopic (exact) mass is 319 g/mol. The van der Waals surface area contributed by atoms with Crippen LogP contribution in [-0.4, -0.2) is 53.8 Å². The van der Waals surface area contributed by atoms with E-state index in [2.05, 4.69) is 9.97 Å². The minimum Gasteiger partial charge on any atom is -0.337 e. The first-order chi connectivity index (χ1) is 10.4. The van der Waals surface area contributed by atoms with E-state index in [-0.39, 0.29) is 11.2 Å². The summed E-state index contributed by atoms with van der Waals surface area (Å²) in [7, 11) is -3.03. The average Bonchev–Trinajstić information content (AvgIpc) is 2.53. The van der Waals surface area contributed by atoms with Gasteiger partial charge in [0.05, 0.1) is 22.5 Å². The first kappa shape index (κ1) is 14.9. The Morgan fingerprint density at radius 3 is 2.45 bits per heavy atom. The molecular weight excluding hydrogens is 302 g/mol. The summed E-state index contributed by atoms with van der Waals surface area (Å²) < 4.78 is 23.1. The summed E-state index contributed by atoms with van der Waals surface area (Å²) in [6.07, 6.45) is 3.69. The van der Waals surface area contributed by atoms with Crippen LogP contribution in [0.5, 0.6) is 0 Å². The van der Waals surface area contributed by atoms with Gasteiger partial charge in [-0.05, 0) is 25.0 Å². The first-order valence-corrected chi connectivity index (χ1v) is 9.10. The maximum atomic E-state index is 12.5. The third-order valence-electron chi connectivity index (χ3n) is 4.00. The number of carbonyl (C=O) groups excluding carboxylic acids is 1. The molecule has 22 heavy (non-hydrogen) atoms.